The van der Waals surface area contributed by atoms with Crippen LogP contribution < -0.4 is 9.47 Å². The van der Waals surface area contributed by atoms with Crippen molar-refractivity contribution >= 4 is 0 Å². The van der Waals surface area contributed by atoms with Crippen LogP contribution in [0.5, 0.6) is 11.5 Å². The third-order valence-corrected chi connectivity index (χ3v) is 2.05. The Labute approximate surface area is 86.6 Å². The van der Waals surface area contributed by atoms with Gasteiger partial charge in [0, 0.05) is 0 Å². The van der Waals surface area contributed by atoms with Gasteiger partial charge in [0.05, 0.1) is 5.56 Å². The summed E-state index contributed by atoms with van der Waals surface area (Å²) in [7, 11) is 0. The minimum Gasteiger partial charge on any atom is -0.395 e. The predicted octanol–water partition coefficient (Wildman–Crippen LogP) is 3.34. The molecular formula is C9H5F5O2. The monoisotopic (exact) mass is 240 g/mol. The van der Waals surface area contributed by atoms with Crippen LogP contribution >= 0.6 is 0 Å². The Morgan fingerprint density at radius 2 is 1.56 bits per heavy atom. The average molecular weight is 240 g/mol. The van der Waals surface area contributed by atoms with Crippen LogP contribution in [0.15, 0.2) is 12.1 Å². The van der Waals surface area contributed by atoms with Crippen molar-refractivity contribution in [1.29, 1.82) is 0 Å². The molecule has 0 atom stereocenters. The number of aryl methyl sites for hydroxylation is 1. The van der Waals surface area contributed by atoms with Crippen LogP contribution in [-0.4, -0.2) is 6.29 Å². The topological polar surface area (TPSA) is 18.5 Å². The van der Waals surface area contributed by atoms with Crippen LogP contribution in [0, 0.1) is 6.92 Å². The lowest BCUT2D eigenvalue weighted by atomic mass is 10.1. The molecule has 2 nitrogen and oxygen atoms in total. The molecule has 0 fully saturated rings. The van der Waals surface area contributed by atoms with E-state index in [1.54, 1.807) is 0 Å². The van der Waals surface area contributed by atoms with E-state index >= 15 is 0 Å². The summed E-state index contributed by atoms with van der Waals surface area (Å²) in [4.78, 5) is 0. The SMILES string of the molecule is Cc1cc2c(cc1C(F)(F)F)OC(F)(F)O2. The maximum Gasteiger partial charge on any atom is 0.586 e. The van der Waals surface area contributed by atoms with Gasteiger partial charge in [-0.1, -0.05) is 0 Å². The van der Waals surface area contributed by atoms with Crippen molar-refractivity contribution in [2.24, 2.45) is 0 Å². The van der Waals surface area contributed by atoms with Crippen LogP contribution in [0.3, 0.4) is 0 Å². The molecule has 0 amide bonds. The quantitative estimate of drug-likeness (QED) is 0.647. The highest BCUT2D eigenvalue weighted by Crippen LogP contribution is 2.45. The molecule has 1 aliphatic heterocycles. The molecule has 0 aliphatic carbocycles. The number of alkyl halides is 5. The maximum absolute atomic E-state index is 12.6. The first-order valence-corrected chi connectivity index (χ1v) is 4.17. The summed E-state index contributed by atoms with van der Waals surface area (Å²) in [6.07, 6.45) is -8.51. The van der Waals surface area contributed by atoms with Crippen molar-refractivity contribution in [3.63, 3.8) is 0 Å². The van der Waals surface area contributed by atoms with E-state index < -0.39 is 29.5 Å². The highest BCUT2D eigenvalue weighted by molar-refractivity contribution is 5.49. The van der Waals surface area contributed by atoms with Gasteiger partial charge in [-0.2, -0.15) is 13.2 Å². The second-order valence-corrected chi connectivity index (χ2v) is 3.28. The molecule has 0 saturated heterocycles. The zero-order valence-electron chi connectivity index (χ0n) is 7.86. The first-order valence-electron chi connectivity index (χ1n) is 4.17. The van der Waals surface area contributed by atoms with E-state index in [0.29, 0.717) is 6.07 Å². The summed E-state index contributed by atoms with van der Waals surface area (Å²) in [6, 6.07) is 1.38. The molecule has 0 unspecified atom stereocenters. The number of hydrogen-bond acceptors (Lipinski definition) is 2. The molecule has 1 aromatic rings. The molecule has 1 aromatic carbocycles. The fourth-order valence-corrected chi connectivity index (χ4v) is 1.40. The van der Waals surface area contributed by atoms with Crippen molar-refractivity contribution in [3.05, 3.63) is 23.3 Å². The highest BCUT2D eigenvalue weighted by Gasteiger charge is 2.45. The summed E-state index contributed by atoms with van der Waals surface area (Å²) in [5.41, 5.74) is -1.22. The standard InChI is InChI=1S/C9H5F5O2/c1-4-2-6-7(16-9(13,14)15-6)3-5(4)8(10,11)12/h2-3H,1H3. The Morgan fingerprint density at radius 3 is 2.06 bits per heavy atom. The normalized spacial score (nSPS) is 17.6. The van der Waals surface area contributed by atoms with Gasteiger partial charge < -0.3 is 9.47 Å². The van der Waals surface area contributed by atoms with Crippen LogP contribution in [0.1, 0.15) is 11.1 Å². The van der Waals surface area contributed by atoms with Crippen molar-refractivity contribution < 1.29 is 31.4 Å². The molecule has 0 saturated carbocycles. The van der Waals surface area contributed by atoms with Gasteiger partial charge in [-0.05, 0) is 24.6 Å². The van der Waals surface area contributed by atoms with Gasteiger partial charge in [-0.25, -0.2) is 0 Å². The van der Waals surface area contributed by atoms with Crippen molar-refractivity contribution in [2.75, 3.05) is 0 Å². The molecule has 0 bridgehead atoms. The van der Waals surface area contributed by atoms with Crippen LogP contribution in [0.4, 0.5) is 22.0 Å². The lowest BCUT2D eigenvalue weighted by Gasteiger charge is -2.10. The lowest BCUT2D eigenvalue weighted by molar-refractivity contribution is -0.286. The Morgan fingerprint density at radius 1 is 1.06 bits per heavy atom. The number of halogens is 5. The summed E-state index contributed by atoms with van der Waals surface area (Å²) < 4.78 is 70.4. The lowest BCUT2D eigenvalue weighted by Crippen LogP contribution is -2.25. The van der Waals surface area contributed by atoms with Gasteiger partial charge >= 0.3 is 12.5 Å². The summed E-state index contributed by atoms with van der Waals surface area (Å²) >= 11 is 0. The van der Waals surface area contributed by atoms with Gasteiger partial charge in [0.25, 0.3) is 0 Å². The van der Waals surface area contributed by atoms with Crippen molar-refractivity contribution in [3.8, 4) is 11.5 Å². The molecule has 7 heteroatoms. The van der Waals surface area contributed by atoms with E-state index in [2.05, 4.69) is 9.47 Å². The summed E-state index contributed by atoms with van der Waals surface area (Å²) in [6.45, 7) is 1.16. The minimum atomic E-state index is -4.61. The molecule has 88 valence electrons. The Bertz CT molecular complexity index is 438. The predicted molar refractivity (Wildman–Crippen MR) is 42.4 cm³/mol. The second kappa shape index (κ2) is 2.99. The number of benzene rings is 1. The third kappa shape index (κ3) is 1.77. The van der Waals surface area contributed by atoms with Gasteiger partial charge in [-0.3, -0.25) is 0 Å². The summed E-state index contributed by atoms with van der Waals surface area (Å²) in [5, 5.41) is 0. The zero-order chi connectivity index (χ0) is 12.1. The minimum absolute atomic E-state index is 0.201. The summed E-state index contributed by atoms with van der Waals surface area (Å²) in [5.74, 6) is -1.00. The molecule has 16 heavy (non-hydrogen) atoms. The number of hydrogen-bond donors (Lipinski definition) is 0. The number of fused-ring (bicyclic) bond motifs is 1. The van der Waals surface area contributed by atoms with Crippen LogP contribution in [0.25, 0.3) is 0 Å². The average Bonchev–Trinajstić information content (AvgIpc) is 2.34. The van der Waals surface area contributed by atoms with E-state index in [1.807, 2.05) is 0 Å². The first kappa shape index (κ1) is 11.0. The molecule has 1 aliphatic rings. The molecule has 0 N–H and O–H groups in total. The molecule has 0 aromatic heterocycles. The largest absolute Gasteiger partial charge is 0.586 e. The van der Waals surface area contributed by atoms with E-state index in [0.717, 1.165) is 13.0 Å². The van der Waals surface area contributed by atoms with Crippen LogP contribution in [-0.2, 0) is 6.18 Å². The fraction of sp³-hybridized carbons (Fsp3) is 0.333. The van der Waals surface area contributed by atoms with E-state index in [-0.39, 0.29) is 5.56 Å². The van der Waals surface area contributed by atoms with Gasteiger partial charge in [0.15, 0.2) is 11.5 Å². The van der Waals surface area contributed by atoms with Gasteiger partial charge in [0.2, 0.25) is 0 Å². The van der Waals surface area contributed by atoms with Crippen molar-refractivity contribution in [1.82, 2.24) is 0 Å². The number of rotatable bonds is 0. The van der Waals surface area contributed by atoms with E-state index in [9.17, 15) is 22.0 Å². The highest BCUT2D eigenvalue weighted by atomic mass is 19.4. The Hall–Kier alpha value is -1.53. The van der Waals surface area contributed by atoms with E-state index in [4.69, 9.17) is 0 Å². The van der Waals surface area contributed by atoms with Gasteiger partial charge in [-0.15, -0.1) is 8.78 Å². The van der Waals surface area contributed by atoms with Crippen molar-refractivity contribution in [2.45, 2.75) is 19.4 Å². The molecular weight excluding hydrogens is 235 g/mol. The molecule has 1 heterocycles. The molecule has 2 rings (SSSR count). The smallest absolute Gasteiger partial charge is 0.395 e. The Balaban J connectivity index is 2.49. The second-order valence-electron chi connectivity index (χ2n) is 3.28. The number of ether oxygens (including phenoxy) is 2. The Kier molecular flexibility index (Phi) is 2.05. The molecule has 0 radical (unpaired) electrons. The fourth-order valence-electron chi connectivity index (χ4n) is 1.40. The van der Waals surface area contributed by atoms with Gasteiger partial charge in [0.1, 0.15) is 0 Å². The first-order chi connectivity index (χ1) is 7.19. The zero-order valence-corrected chi connectivity index (χ0v) is 7.86. The maximum atomic E-state index is 12.6. The molecule has 0 spiro atoms. The van der Waals surface area contributed by atoms with E-state index in [1.165, 1.54) is 0 Å². The third-order valence-electron chi connectivity index (χ3n) is 2.05. The van der Waals surface area contributed by atoms with Crippen LogP contribution in [0.2, 0.25) is 0 Å².